The molecule has 1 heterocycles. The molecule has 3 fully saturated rings. The van der Waals surface area contributed by atoms with Crippen LogP contribution in [0.3, 0.4) is 0 Å². The Morgan fingerprint density at radius 3 is 2.25 bits per heavy atom. The molecule has 1 aromatic rings. The van der Waals surface area contributed by atoms with E-state index < -0.39 is 0 Å². The lowest BCUT2D eigenvalue weighted by Gasteiger charge is -2.43. The van der Waals surface area contributed by atoms with Crippen LogP contribution < -0.4 is 11.1 Å². The van der Waals surface area contributed by atoms with Crippen LogP contribution in [0.4, 0.5) is 0 Å². The molecular weight excluding hydrogens is 393 g/mol. The number of nitrogens with zero attached hydrogens (tertiary/aromatic N) is 1. The summed E-state index contributed by atoms with van der Waals surface area (Å²) in [5, 5.41) is 3.41. The largest absolute Gasteiger partial charge is 0.348 e. The highest BCUT2D eigenvalue weighted by atomic mass is 35.5. The van der Waals surface area contributed by atoms with Crippen molar-refractivity contribution in [1.29, 1.82) is 0 Å². The van der Waals surface area contributed by atoms with E-state index in [9.17, 15) is 4.79 Å². The first-order valence-corrected chi connectivity index (χ1v) is 10.5. The fraction of sp³-hybridized carbons (Fsp3) is 0.682. The van der Waals surface area contributed by atoms with Crippen LogP contribution in [-0.4, -0.2) is 36.5 Å². The third-order valence-electron chi connectivity index (χ3n) is 6.94. The predicted octanol–water partition coefficient (Wildman–Crippen LogP) is 3.94. The van der Waals surface area contributed by atoms with Gasteiger partial charge in [0.25, 0.3) is 0 Å². The Balaban J connectivity index is 0.00000140. The maximum atomic E-state index is 13.1. The van der Waals surface area contributed by atoms with Crippen LogP contribution in [0.25, 0.3) is 0 Å². The van der Waals surface area contributed by atoms with E-state index in [0.717, 1.165) is 32.5 Å². The van der Waals surface area contributed by atoms with Gasteiger partial charge in [0, 0.05) is 18.5 Å². The van der Waals surface area contributed by atoms with Gasteiger partial charge in [0.1, 0.15) is 0 Å². The van der Waals surface area contributed by atoms with Crippen molar-refractivity contribution in [2.45, 2.75) is 57.0 Å². The van der Waals surface area contributed by atoms with Gasteiger partial charge in [-0.1, -0.05) is 36.8 Å². The summed E-state index contributed by atoms with van der Waals surface area (Å²) in [6, 6.07) is 10.9. The number of carbonyl (C=O) groups excluding carboxylic acids is 1. The lowest BCUT2D eigenvalue weighted by atomic mass is 9.65. The molecule has 6 heteroatoms. The van der Waals surface area contributed by atoms with Gasteiger partial charge in [0.2, 0.25) is 5.91 Å². The predicted molar refractivity (Wildman–Crippen MR) is 119 cm³/mol. The minimum atomic E-state index is 0. The summed E-state index contributed by atoms with van der Waals surface area (Å²) < 4.78 is 0. The van der Waals surface area contributed by atoms with Gasteiger partial charge in [-0.2, -0.15) is 0 Å². The molecule has 4 rings (SSSR count). The molecule has 1 aliphatic heterocycles. The fourth-order valence-electron chi connectivity index (χ4n) is 5.44. The van der Waals surface area contributed by atoms with Gasteiger partial charge in [0.15, 0.2) is 0 Å². The summed E-state index contributed by atoms with van der Waals surface area (Å²) in [5.74, 6) is 1.50. The van der Waals surface area contributed by atoms with E-state index in [0.29, 0.717) is 17.9 Å². The zero-order valence-corrected chi connectivity index (χ0v) is 18.2. The standard InChI is InChI=1S/C22H33N3O.2ClH/c23-21-17-9-6-10-18(21)14-19(13-17)22(26)24-20(15-25-11-4-5-12-25)16-7-2-1-3-8-16;;/h1-3,7-8,17-21H,4-6,9-15,23H2,(H,24,26);2*1H. The van der Waals surface area contributed by atoms with Crippen molar-refractivity contribution in [2.75, 3.05) is 19.6 Å². The molecule has 1 amide bonds. The lowest BCUT2D eigenvalue weighted by molar-refractivity contribution is -0.128. The van der Waals surface area contributed by atoms with Gasteiger partial charge in [-0.3, -0.25) is 4.79 Å². The van der Waals surface area contributed by atoms with Crippen LogP contribution >= 0.6 is 24.8 Å². The number of amides is 1. The van der Waals surface area contributed by atoms with Crippen molar-refractivity contribution in [2.24, 2.45) is 23.5 Å². The maximum absolute atomic E-state index is 13.1. The van der Waals surface area contributed by atoms with E-state index in [2.05, 4.69) is 34.5 Å². The van der Waals surface area contributed by atoms with Crippen LogP contribution in [0.2, 0.25) is 0 Å². The number of nitrogens with one attached hydrogen (secondary N) is 1. The first-order valence-electron chi connectivity index (χ1n) is 10.5. The molecule has 1 saturated heterocycles. The van der Waals surface area contributed by atoms with Crippen LogP contribution in [0.5, 0.6) is 0 Å². The van der Waals surface area contributed by atoms with Gasteiger partial charge in [-0.05, 0) is 69.0 Å². The zero-order valence-electron chi connectivity index (χ0n) is 16.6. The zero-order chi connectivity index (χ0) is 17.9. The maximum Gasteiger partial charge on any atom is 0.223 e. The number of carbonyl (C=O) groups is 1. The number of benzene rings is 1. The first-order chi connectivity index (χ1) is 12.7. The van der Waals surface area contributed by atoms with Crippen LogP contribution in [0, 0.1) is 17.8 Å². The molecule has 2 bridgehead atoms. The van der Waals surface area contributed by atoms with Gasteiger partial charge in [0.05, 0.1) is 6.04 Å². The van der Waals surface area contributed by atoms with Gasteiger partial charge < -0.3 is 16.0 Å². The third kappa shape index (κ3) is 5.41. The molecule has 0 aromatic heterocycles. The van der Waals surface area contributed by atoms with Gasteiger partial charge in [-0.15, -0.1) is 24.8 Å². The second kappa shape index (κ2) is 10.8. The molecule has 3 N–H and O–H groups in total. The molecule has 3 atom stereocenters. The molecule has 2 aliphatic carbocycles. The number of hydrogen-bond donors (Lipinski definition) is 2. The van der Waals surface area contributed by atoms with Crippen molar-refractivity contribution in [3.05, 3.63) is 35.9 Å². The summed E-state index contributed by atoms with van der Waals surface area (Å²) in [4.78, 5) is 15.6. The Morgan fingerprint density at radius 1 is 1.04 bits per heavy atom. The van der Waals surface area contributed by atoms with Gasteiger partial charge in [-0.25, -0.2) is 0 Å². The second-order valence-electron chi connectivity index (χ2n) is 8.68. The van der Waals surface area contributed by atoms with Crippen molar-refractivity contribution >= 4 is 30.7 Å². The topological polar surface area (TPSA) is 58.4 Å². The van der Waals surface area contributed by atoms with Crippen molar-refractivity contribution in [1.82, 2.24) is 10.2 Å². The number of halogens is 2. The molecule has 0 radical (unpaired) electrons. The Kier molecular flexibility index (Phi) is 9.07. The summed E-state index contributed by atoms with van der Waals surface area (Å²) in [6.07, 6.45) is 8.22. The second-order valence-corrected chi connectivity index (χ2v) is 8.68. The molecule has 1 aromatic carbocycles. The minimum Gasteiger partial charge on any atom is -0.348 e. The number of nitrogens with two attached hydrogens (primary N) is 1. The Bertz CT molecular complexity index is 595. The number of likely N-dealkylation sites (tertiary alicyclic amines) is 1. The van der Waals surface area contributed by atoms with E-state index in [1.807, 2.05) is 6.07 Å². The highest BCUT2D eigenvalue weighted by Crippen LogP contribution is 2.42. The van der Waals surface area contributed by atoms with E-state index in [1.54, 1.807) is 0 Å². The van der Waals surface area contributed by atoms with E-state index in [4.69, 9.17) is 5.73 Å². The molecule has 0 spiro atoms. The van der Waals surface area contributed by atoms with Crippen molar-refractivity contribution in [3.8, 4) is 0 Å². The Hall–Kier alpha value is -0.810. The molecule has 4 nitrogen and oxygen atoms in total. The van der Waals surface area contributed by atoms with Gasteiger partial charge >= 0.3 is 0 Å². The molecule has 3 aliphatic rings. The summed E-state index contributed by atoms with van der Waals surface area (Å²) in [7, 11) is 0. The van der Waals surface area contributed by atoms with E-state index in [-0.39, 0.29) is 42.7 Å². The quantitative estimate of drug-likeness (QED) is 0.747. The molecule has 3 unspecified atom stereocenters. The number of fused-ring (bicyclic) bond motifs is 2. The summed E-state index contributed by atoms with van der Waals surface area (Å²) in [5.41, 5.74) is 7.63. The Labute approximate surface area is 181 Å². The highest BCUT2D eigenvalue weighted by molar-refractivity contribution is 5.85. The molecule has 158 valence electrons. The average molecular weight is 428 g/mol. The first kappa shape index (κ1) is 23.5. The lowest BCUT2D eigenvalue weighted by Crippen LogP contribution is -2.50. The van der Waals surface area contributed by atoms with Crippen LogP contribution in [0.15, 0.2) is 30.3 Å². The number of hydrogen-bond acceptors (Lipinski definition) is 3. The smallest absolute Gasteiger partial charge is 0.223 e. The fourth-order valence-corrected chi connectivity index (χ4v) is 5.44. The summed E-state index contributed by atoms with van der Waals surface area (Å²) in [6.45, 7) is 3.23. The molecule has 2 saturated carbocycles. The molecular formula is C22H35Cl2N3O. The Morgan fingerprint density at radius 2 is 1.64 bits per heavy atom. The normalized spacial score (nSPS) is 30.6. The molecule has 28 heavy (non-hydrogen) atoms. The monoisotopic (exact) mass is 427 g/mol. The minimum absolute atomic E-state index is 0. The van der Waals surface area contributed by atoms with Crippen molar-refractivity contribution < 1.29 is 4.79 Å². The van der Waals surface area contributed by atoms with Crippen molar-refractivity contribution in [3.63, 3.8) is 0 Å². The SMILES string of the molecule is Cl.Cl.NC1C2CCCC1CC(C(=O)NC(CN1CCCC1)c1ccccc1)C2. The van der Waals surface area contributed by atoms with E-state index >= 15 is 0 Å². The van der Waals surface area contributed by atoms with Crippen LogP contribution in [0.1, 0.15) is 56.6 Å². The van der Waals surface area contributed by atoms with Crippen LogP contribution in [-0.2, 0) is 4.79 Å². The highest BCUT2D eigenvalue weighted by Gasteiger charge is 2.40. The average Bonchev–Trinajstić information content (AvgIpc) is 3.15. The van der Waals surface area contributed by atoms with E-state index in [1.165, 1.54) is 37.7 Å². The summed E-state index contributed by atoms with van der Waals surface area (Å²) >= 11 is 0. The number of rotatable bonds is 5. The third-order valence-corrected chi connectivity index (χ3v) is 6.94.